The molecule has 1 N–H and O–H groups in total. The van der Waals surface area contributed by atoms with Crippen LogP contribution in [0.3, 0.4) is 0 Å². The average molecular weight is 338 g/mol. The van der Waals surface area contributed by atoms with Crippen LogP contribution in [0.4, 0.5) is 0 Å². The summed E-state index contributed by atoms with van der Waals surface area (Å²) in [7, 11) is 0. The molecule has 0 fully saturated rings. The van der Waals surface area contributed by atoms with E-state index in [2.05, 4.69) is 56.9 Å². The molecule has 1 heterocycles. The Kier molecular flexibility index (Phi) is 7.46. The van der Waals surface area contributed by atoms with Crippen molar-refractivity contribution in [2.45, 2.75) is 85.2 Å². The minimum absolute atomic E-state index is 0.126. The summed E-state index contributed by atoms with van der Waals surface area (Å²) in [5.41, 5.74) is -0.159. The van der Waals surface area contributed by atoms with Crippen molar-refractivity contribution < 1.29 is 9.32 Å². The van der Waals surface area contributed by atoms with Gasteiger partial charge in [0.2, 0.25) is 0 Å². The smallest absolute Gasteiger partial charge is 0.273 e. The molecule has 0 aliphatic heterocycles. The Hall–Kier alpha value is -1.36. The topological polar surface area (TPSA) is 58.4 Å². The molecule has 0 radical (unpaired) electrons. The highest BCUT2D eigenvalue weighted by molar-refractivity contribution is 5.92. The Morgan fingerprint density at radius 1 is 1.21 bits per heavy atom. The van der Waals surface area contributed by atoms with Crippen LogP contribution in [0.15, 0.2) is 10.6 Å². The fraction of sp³-hybridized carbons (Fsp3) is 0.789. The zero-order valence-corrected chi connectivity index (χ0v) is 16.5. The number of nitrogens with one attached hydrogen (secondary N) is 1. The van der Waals surface area contributed by atoms with E-state index in [1.54, 1.807) is 6.07 Å². The number of aromatic nitrogens is 1. The number of likely N-dealkylation sites (N-methyl/N-ethyl adjacent to an activating group) is 1. The second kappa shape index (κ2) is 8.65. The fourth-order valence-electron chi connectivity index (χ4n) is 3.45. The predicted octanol–water partition coefficient (Wildman–Crippen LogP) is 4.04. The van der Waals surface area contributed by atoms with E-state index in [9.17, 15) is 4.79 Å². The lowest BCUT2D eigenvalue weighted by atomic mass is 9.75. The Morgan fingerprint density at radius 2 is 1.88 bits per heavy atom. The summed E-state index contributed by atoms with van der Waals surface area (Å²) in [5, 5.41) is 7.11. The SMILES string of the molecule is CCCN(CC)C(C)(CCC)C(C)(C)NC(=O)c1cc(CC)on1. The van der Waals surface area contributed by atoms with E-state index in [0.29, 0.717) is 5.69 Å². The van der Waals surface area contributed by atoms with Gasteiger partial charge in [-0.1, -0.05) is 39.3 Å². The van der Waals surface area contributed by atoms with Gasteiger partial charge in [-0.25, -0.2) is 0 Å². The summed E-state index contributed by atoms with van der Waals surface area (Å²) >= 11 is 0. The van der Waals surface area contributed by atoms with Gasteiger partial charge in [0, 0.05) is 18.0 Å². The molecule has 0 aliphatic carbocycles. The summed E-state index contributed by atoms with van der Waals surface area (Å²) in [5.74, 6) is 0.564. The molecule has 1 aromatic rings. The Balaban J connectivity index is 3.04. The summed E-state index contributed by atoms with van der Waals surface area (Å²) < 4.78 is 5.17. The minimum Gasteiger partial charge on any atom is -0.361 e. The molecule has 0 aromatic carbocycles. The maximum absolute atomic E-state index is 12.7. The first-order chi connectivity index (χ1) is 11.3. The molecule has 1 rings (SSSR count). The van der Waals surface area contributed by atoms with E-state index in [1.165, 1.54) is 0 Å². The average Bonchev–Trinajstić information content (AvgIpc) is 3.01. The van der Waals surface area contributed by atoms with E-state index < -0.39 is 5.54 Å². The summed E-state index contributed by atoms with van der Waals surface area (Å²) in [4.78, 5) is 15.1. The molecular weight excluding hydrogens is 302 g/mol. The highest BCUT2D eigenvalue weighted by Crippen LogP contribution is 2.33. The molecule has 0 spiro atoms. The number of amides is 1. The van der Waals surface area contributed by atoms with Gasteiger partial charge in [0.15, 0.2) is 5.69 Å². The van der Waals surface area contributed by atoms with Gasteiger partial charge in [0.25, 0.3) is 5.91 Å². The number of hydrogen-bond acceptors (Lipinski definition) is 4. The van der Waals surface area contributed by atoms with Gasteiger partial charge >= 0.3 is 0 Å². The Bertz CT molecular complexity index is 524. The number of carbonyl (C=O) groups is 1. The van der Waals surface area contributed by atoms with Gasteiger partial charge in [0.1, 0.15) is 5.76 Å². The third kappa shape index (κ3) is 4.38. The second-order valence-corrected chi connectivity index (χ2v) is 7.21. The first kappa shape index (κ1) is 20.7. The fourth-order valence-corrected chi connectivity index (χ4v) is 3.45. The van der Waals surface area contributed by atoms with E-state index >= 15 is 0 Å². The predicted molar refractivity (Wildman–Crippen MR) is 98.3 cm³/mol. The molecule has 24 heavy (non-hydrogen) atoms. The Labute approximate surface area is 147 Å². The van der Waals surface area contributed by atoms with Crippen molar-refractivity contribution in [3.05, 3.63) is 17.5 Å². The number of aryl methyl sites for hydroxylation is 1. The highest BCUT2D eigenvalue weighted by Gasteiger charge is 2.45. The summed E-state index contributed by atoms with van der Waals surface area (Å²) in [6.07, 6.45) is 3.92. The van der Waals surface area contributed by atoms with Crippen molar-refractivity contribution in [1.29, 1.82) is 0 Å². The van der Waals surface area contributed by atoms with Crippen LogP contribution in [0.2, 0.25) is 0 Å². The van der Waals surface area contributed by atoms with Gasteiger partial charge < -0.3 is 9.84 Å². The monoisotopic (exact) mass is 337 g/mol. The number of rotatable bonds is 10. The van der Waals surface area contributed by atoms with Gasteiger partial charge in [0.05, 0.1) is 5.54 Å². The molecule has 0 aliphatic rings. The van der Waals surface area contributed by atoms with Crippen LogP contribution >= 0.6 is 0 Å². The first-order valence-corrected chi connectivity index (χ1v) is 9.28. The van der Waals surface area contributed by atoms with Crippen LogP contribution in [0.25, 0.3) is 0 Å². The van der Waals surface area contributed by atoms with Crippen molar-refractivity contribution in [1.82, 2.24) is 15.4 Å². The van der Waals surface area contributed by atoms with Crippen molar-refractivity contribution in [2.75, 3.05) is 13.1 Å². The van der Waals surface area contributed by atoms with Crippen LogP contribution in [-0.4, -0.2) is 40.1 Å². The van der Waals surface area contributed by atoms with Crippen LogP contribution in [-0.2, 0) is 6.42 Å². The third-order valence-electron chi connectivity index (χ3n) is 5.22. The van der Waals surface area contributed by atoms with Crippen LogP contribution in [0, 0.1) is 0 Å². The van der Waals surface area contributed by atoms with Crippen molar-refractivity contribution in [3.63, 3.8) is 0 Å². The maximum atomic E-state index is 12.7. The molecule has 1 unspecified atom stereocenters. The molecule has 0 bridgehead atoms. The first-order valence-electron chi connectivity index (χ1n) is 9.28. The largest absolute Gasteiger partial charge is 0.361 e. The number of carbonyl (C=O) groups excluding carboxylic acids is 1. The van der Waals surface area contributed by atoms with Crippen molar-refractivity contribution >= 4 is 5.91 Å². The highest BCUT2D eigenvalue weighted by atomic mass is 16.5. The van der Waals surface area contributed by atoms with Crippen LogP contribution in [0.1, 0.15) is 84.0 Å². The molecule has 1 atom stereocenters. The lowest BCUT2D eigenvalue weighted by Crippen LogP contribution is -2.67. The molecule has 0 saturated carbocycles. The summed E-state index contributed by atoms with van der Waals surface area (Å²) in [6, 6.07) is 1.73. The Morgan fingerprint density at radius 3 is 2.33 bits per heavy atom. The van der Waals surface area contributed by atoms with E-state index in [4.69, 9.17) is 4.52 Å². The lowest BCUT2D eigenvalue weighted by Gasteiger charge is -2.51. The van der Waals surface area contributed by atoms with Crippen molar-refractivity contribution in [3.8, 4) is 0 Å². The second-order valence-electron chi connectivity index (χ2n) is 7.21. The van der Waals surface area contributed by atoms with Gasteiger partial charge in [-0.15, -0.1) is 0 Å². The molecule has 138 valence electrons. The lowest BCUT2D eigenvalue weighted by molar-refractivity contribution is 0.0192. The maximum Gasteiger partial charge on any atom is 0.273 e. The number of hydrogen-bond donors (Lipinski definition) is 1. The molecule has 1 aromatic heterocycles. The molecule has 5 nitrogen and oxygen atoms in total. The zero-order valence-electron chi connectivity index (χ0n) is 16.5. The minimum atomic E-state index is -0.392. The quantitative estimate of drug-likeness (QED) is 0.700. The molecule has 0 saturated heterocycles. The van der Waals surface area contributed by atoms with E-state index in [1.807, 2.05) is 6.92 Å². The van der Waals surface area contributed by atoms with Crippen LogP contribution in [0.5, 0.6) is 0 Å². The third-order valence-corrected chi connectivity index (χ3v) is 5.22. The molecule has 5 heteroatoms. The van der Waals surface area contributed by atoms with Gasteiger partial charge in [-0.05, 0) is 46.7 Å². The van der Waals surface area contributed by atoms with Gasteiger partial charge in [-0.3, -0.25) is 9.69 Å². The number of nitrogens with zero attached hydrogens (tertiary/aromatic N) is 2. The standard InChI is InChI=1S/C19H35N3O2/c1-8-12-19(7,22(11-4)13-9-2)18(5,6)20-17(23)16-14-15(10-3)24-21-16/h14H,8-13H2,1-7H3,(H,20,23). The summed E-state index contributed by atoms with van der Waals surface area (Å²) in [6.45, 7) is 17.0. The molecular formula is C19H35N3O2. The van der Waals surface area contributed by atoms with Gasteiger partial charge in [-0.2, -0.15) is 0 Å². The van der Waals surface area contributed by atoms with Crippen LogP contribution < -0.4 is 5.32 Å². The van der Waals surface area contributed by atoms with E-state index in [-0.39, 0.29) is 11.4 Å². The normalized spacial score (nSPS) is 14.7. The van der Waals surface area contributed by atoms with Crippen molar-refractivity contribution in [2.24, 2.45) is 0 Å². The van der Waals surface area contributed by atoms with E-state index in [0.717, 1.165) is 44.5 Å². The molecule has 1 amide bonds. The zero-order chi connectivity index (χ0) is 18.4.